The van der Waals surface area contributed by atoms with E-state index >= 15 is 0 Å². The highest BCUT2D eigenvalue weighted by atomic mass is 32.2. The molecule has 0 radical (unpaired) electrons. The molecule has 2 aromatic heterocycles. The van der Waals surface area contributed by atoms with Crippen LogP contribution < -0.4 is 21.1 Å². The second-order valence-corrected chi connectivity index (χ2v) is 10.2. The van der Waals surface area contributed by atoms with Crippen molar-refractivity contribution in [2.75, 3.05) is 23.9 Å². The lowest BCUT2D eigenvalue weighted by molar-refractivity contribution is -0.116. The standard InChI is InChI=1S/C26H23N5O5S/c1-37(33,34)28-13-12-25(32)30-19-8-4-3-7-18(19)29-21-15-23(35-22-9-5-2-6-17(21)22)16-10-11-20-24(14-16)36-26(27)31-20/h2-11,14-15,28H,12-13H2,1H3,(H2,27,31)(H,30,32). The molecule has 0 aliphatic rings. The molecule has 0 aliphatic heterocycles. The maximum absolute atomic E-state index is 12.4. The van der Waals surface area contributed by atoms with Crippen LogP contribution in [0.1, 0.15) is 6.42 Å². The summed E-state index contributed by atoms with van der Waals surface area (Å²) in [6, 6.07) is 22.0. The lowest BCUT2D eigenvalue weighted by atomic mass is 10.1. The third-order valence-corrected chi connectivity index (χ3v) is 6.20. The molecule has 0 unspecified atom stereocenters. The number of sulfonamides is 1. The van der Waals surface area contributed by atoms with Crippen LogP contribution in [0.5, 0.6) is 0 Å². The molecule has 0 aliphatic carbocycles. The predicted molar refractivity (Wildman–Crippen MR) is 141 cm³/mol. The summed E-state index contributed by atoms with van der Waals surface area (Å²) in [6.45, 7) is -0.000649. The number of carbonyl (C=O) groups excluding carboxylic acids is 1. The lowest BCUT2D eigenvalue weighted by Crippen LogP contribution is -2.26. The molecule has 0 saturated carbocycles. The van der Waals surface area contributed by atoms with Gasteiger partial charge in [0, 0.05) is 30.0 Å². The lowest BCUT2D eigenvalue weighted by Gasteiger charge is -2.09. The first-order valence-corrected chi connectivity index (χ1v) is 13.2. The third-order valence-electron chi connectivity index (χ3n) is 5.48. The predicted octanol–water partition coefficient (Wildman–Crippen LogP) is 3.93. The van der Waals surface area contributed by atoms with Gasteiger partial charge in [-0.1, -0.05) is 24.3 Å². The first-order valence-electron chi connectivity index (χ1n) is 11.3. The average Bonchev–Trinajstić information content (AvgIpc) is 3.23. The van der Waals surface area contributed by atoms with Gasteiger partial charge in [0.15, 0.2) is 5.58 Å². The number of amides is 1. The highest BCUT2D eigenvalue weighted by Crippen LogP contribution is 2.28. The topological polar surface area (TPSA) is 153 Å². The van der Waals surface area contributed by atoms with Gasteiger partial charge in [-0.15, -0.1) is 0 Å². The number of benzene rings is 3. The molecule has 2 heterocycles. The summed E-state index contributed by atoms with van der Waals surface area (Å²) in [5.41, 5.74) is 9.28. The van der Waals surface area contributed by atoms with Gasteiger partial charge < -0.3 is 19.9 Å². The molecule has 11 heteroatoms. The molecule has 5 aromatic rings. The van der Waals surface area contributed by atoms with E-state index < -0.39 is 10.0 Å². The number of carbonyl (C=O) groups is 1. The number of fused-ring (bicyclic) bond motifs is 2. The highest BCUT2D eigenvalue weighted by molar-refractivity contribution is 7.88. The molecule has 188 valence electrons. The van der Waals surface area contributed by atoms with Gasteiger partial charge in [-0.2, -0.15) is 4.98 Å². The number of anilines is 2. The van der Waals surface area contributed by atoms with Crippen LogP contribution in [0.2, 0.25) is 0 Å². The number of hydrogen-bond acceptors (Lipinski definition) is 8. The van der Waals surface area contributed by atoms with Crippen molar-refractivity contribution >= 4 is 55.4 Å². The fourth-order valence-corrected chi connectivity index (χ4v) is 4.29. The fourth-order valence-electron chi connectivity index (χ4n) is 3.82. The Balaban J connectivity index is 1.54. The summed E-state index contributed by atoms with van der Waals surface area (Å²) in [5.74, 6) is 0.217. The summed E-state index contributed by atoms with van der Waals surface area (Å²) < 4.78 is 36.4. The Morgan fingerprint density at radius 1 is 1.00 bits per heavy atom. The second-order valence-electron chi connectivity index (χ2n) is 8.32. The zero-order valence-corrected chi connectivity index (χ0v) is 20.6. The fraction of sp³-hybridized carbons (Fsp3) is 0.115. The molecular formula is C26H23N5O5S. The molecule has 10 nitrogen and oxygen atoms in total. The molecule has 37 heavy (non-hydrogen) atoms. The number of rotatable bonds is 7. The van der Waals surface area contributed by atoms with E-state index in [-0.39, 0.29) is 24.9 Å². The minimum Gasteiger partial charge on any atom is -0.456 e. The smallest absolute Gasteiger partial charge is 0.292 e. The zero-order chi connectivity index (χ0) is 26.0. The number of nitrogen functional groups attached to an aromatic ring is 1. The van der Waals surface area contributed by atoms with E-state index in [4.69, 9.17) is 19.6 Å². The first kappa shape index (κ1) is 24.2. The van der Waals surface area contributed by atoms with Crippen LogP contribution in [0, 0.1) is 0 Å². The number of nitrogens with two attached hydrogens (primary N) is 1. The van der Waals surface area contributed by atoms with Crippen LogP contribution in [0.25, 0.3) is 33.4 Å². The SMILES string of the molecule is CS(=O)(=O)NCCC(=O)Nc1ccccc1N=c1cc(-c2ccc3nc(N)oc3c2)oc2ccccc12. The van der Waals surface area contributed by atoms with Crippen LogP contribution in [0.3, 0.4) is 0 Å². The molecule has 0 atom stereocenters. The van der Waals surface area contributed by atoms with Crippen molar-refractivity contribution in [3.63, 3.8) is 0 Å². The molecule has 0 saturated heterocycles. The van der Waals surface area contributed by atoms with Crippen LogP contribution in [0.15, 0.2) is 86.6 Å². The van der Waals surface area contributed by atoms with Crippen molar-refractivity contribution in [2.24, 2.45) is 4.99 Å². The molecule has 3 aromatic carbocycles. The molecule has 0 spiro atoms. The Hall–Kier alpha value is -4.48. The number of oxazole rings is 1. The van der Waals surface area contributed by atoms with Crippen molar-refractivity contribution in [1.29, 1.82) is 0 Å². The van der Waals surface area contributed by atoms with E-state index in [1.54, 1.807) is 30.3 Å². The molecule has 0 fully saturated rings. The first-order chi connectivity index (χ1) is 17.7. The van der Waals surface area contributed by atoms with Crippen molar-refractivity contribution < 1.29 is 22.0 Å². The Bertz CT molecular complexity index is 1810. The minimum atomic E-state index is -3.37. The van der Waals surface area contributed by atoms with Gasteiger partial charge in [0.05, 0.1) is 23.0 Å². The van der Waals surface area contributed by atoms with Gasteiger partial charge in [-0.05, 0) is 42.5 Å². The highest BCUT2D eigenvalue weighted by Gasteiger charge is 2.11. The Labute approximate surface area is 211 Å². The Morgan fingerprint density at radius 3 is 2.62 bits per heavy atom. The van der Waals surface area contributed by atoms with Crippen LogP contribution in [-0.4, -0.2) is 32.1 Å². The molecule has 1 amide bonds. The molecule has 5 rings (SSSR count). The van der Waals surface area contributed by atoms with Crippen LogP contribution in [-0.2, 0) is 14.8 Å². The van der Waals surface area contributed by atoms with E-state index in [0.29, 0.717) is 39.2 Å². The third kappa shape index (κ3) is 5.68. The number of hydrogen-bond donors (Lipinski definition) is 3. The van der Waals surface area contributed by atoms with E-state index in [1.807, 2.05) is 42.5 Å². The normalized spacial score (nSPS) is 12.3. The summed E-state index contributed by atoms with van der Waals surface area (Å²) in [7, 11) is -3.37. The van der Waals surface area contributed by atoms with Crippen LogP contribution in [0.4, 0.5) is 17.4 Å². The summed E-state index contributed by atoms with van der Waals surface area (Å²) >= 11 is 0. The van der Waals surface area contributed by atoms with Crippen molar-refractivity contribution in [3.05, 3.63) is 78.2 Å². The van der Waals surface area contributed by atoms with Gasteiger partial charge >= 0.3 is 0 Å². The second kappa shape index (κ2) is 9.88. The van der Waals surface area contributed by atoms with E-state index in [9.17, 15) is 13.2 Å². The van der Waals surface area contributed by atoms with Crippen molar-refractivity contribution in [1.82, 2.24) is 9.71 Å². The number of aromatic nitrogens is 1. The largest absolute Gasteiger partial charge is 0.456 e. The zero-order valence-electron chi connectivity index (χ0n) is 19.8. The van der Waals surface area contributed by atoms with Crippen molar-refractivity contribution in [2.45, 2.75) is 6.42 Å². The van der Waals surface area contributed by atoms with E-state index in [0.717, 1.165) is 17.2 Å². The van der Waals surface area contributed by atoms with Gasteiger partial charge in [0.2, 0.25) is 15.9 Å². The number of para-hydroxylation sites is 3. The van der Waals surface area contributed by atoms with Gasteiger partial charge in [0.1, 0.15) is 16.9 Å². The van der Waals surface area contributed by atoms with Gasteiger partial charge in [-0.3, -0.25) is 4.79 Å². The van der Waals surface area contributed by atoms with Crippen LogP contribution >= 0.6 is 0 Å². The van der Waals surface area contributed by atoms with E-state index in [2.05, 4.69) is 15.0 Å². The maximum atomic E-state index is 12.4. The van der Waals surface area contributed by atoms with Gasteiger partial charge in [0.25, 0.3) is 6.01 Å². The Kier molecular flexibility index (Phi) is 6.47. The summed E-state index contributed by atoms with van der Waals surface area (Å²) in [4.78, 5) is 21.4. The maximum Gasteiger partial charge on any atom is 0.292 e. The summed E-state index contributed by atoms with van der Waals surface area (Å²) in [6.07, 6.45) is 1.02. The average molecular weight is 518 g/mol. The van der Waals surface area contributed by atoms with Gasteiger partial charge in [-0.25, -0.2) is 18.1 Å². The van der Waals surface area contributed by atoms with E-state index in [1.165, 1.54) is 0 Å². The number of nitrogens with zero attached hydrogens (tertiary/aromatic N) is 2. The molecule has 0 bridgehead atoms. The molecular weight excluding hydrogens is 494 g/mol. The van der Waals surface area contributed by atoms with Crippen molar-refractivity contribution in [3.8, 4) is 11.3 Å². The molecule has 4 N–H and O–H groups in total. The summed E-state index contributed by atoms with van der Waals surface area (Å²) in [5, 5.41) is 4.23. The quantitative estimate of drug-likeness (QED) is 0.296. The Morgan fingerprint density at radius 2 is 1.78 bits per heavy atom. The number of nitrogens with one attached hydrogen (secondary N) is 2. The monoisotopic (exact) mass is 517 g/mol. The minimum absolute atomic E-state index is 0.000649.